The van der Waals surface area contributed by atoms with Crippen molar-refractivity contribution in [2.45, 2.75) is 0 Å². The highest BCUT2D eigenvalue weighted by molar-refractivity contribution is 5.92. The lowest BCUT2D eigenvalue weighted by Crippen LogP contribution is -2.24. The molecule has 0 radical (unpaired) electrons. The van der Waals surface area contributed by atoms with Crippen LogP contribution < -0.4 is 24.4 Å². The Bertz CT molecular complexity index is 1250. The molecule has 0 aliphatic carbocycles. The Hall–Kier alpha value is -4.84. The molecule has 0 saturated heterocycles. The summed E-state index contributed by atoms with van der Waals surface area (Å²) in [5.41, 5.74) is 3.59. The van der Waals surface area contributed by atoms with E-state index >= 15 is 0 Å². The van der Waals surface area contributed by atoms with Gasteiger partial charge in [0.05, 0.1) is 31.6 Å². The average molecular weight is 459 g/mol. The second-order valence-electron chi connectivity index (χ2n) is 6.72. The molecule has 0 fully saturated rings. The molecule has 0 aromatic heterocycles. The summed E-state index contributed by atoms with van der Waals surface area (Å²) in [4.78, 5) is 24.4. The number of rotatable bonds is 9. The van der Waals surface area contributed by atoms with Crippen LogP contribution in [0.2, 0.25) is 0 Å². The average Bonchev–Trinajstić information content (AvgIpc) is 2.88. The van der Waals surface area contributed by atoms with Gasteiger partial charge in [-0.2, -0.15) is 10.4 Å². The molecule has 3 rings (SSSR count). The Morgan fingerprint density at radius 1 is 0.971 bits per heavy atom. The van der Waals surface area contributed by atoms with Gasteiger partial charge in [0.25, 0.3) is 5.91 Å². The molecule has 0 bridgehead atoms. The Kier molecular flexibility index (Phi) is 8.19. The van der Waals surface area contributed by atoms with E-state index in [4.69, 9.17) is 24.2 Å². The molecule has 34 heavy (non-hydrogen) atoms. The largest absolute Gasteiger partial charge is 0.497 e. The molecular weight excluding hydrogens is 438 g/mol. The maximum absolute atomic E-state index is 12.4. The van der Waals surface area contributed by atoms with Gasteiger partial charge in [-0.1, -0.05) is 18.2 Å². The lowest BCUT2D eigenvalue weighted by molar-refractivity contribution is -0.123. The Morgan fingerprint density at radius 3 is 2.56 bits per heavy atom. The van der Waals surface area contributed by atoms with Crippen LogP contribution in [0.5, 0.6) is 23.0 Å². The van der Waals surface area contributed by atoms with Crippen LogP contribution in [0.3, 0.4) is 0 Å². The number of esters is 1. The van der Waals surface area contributed by atoms with E-state index in [2.05, 4.69) is 10.5 Å². The van der Waals surface area contributed by atoms with Crippen molar-refractivity contribution in [2.75, 3.05) is 20.8 Å². The van der Waals surface area contributed by atoms with E-state index in [0.717, 1.165) is 0 Å². The number of amides is 1. The first-order valence-corrected chi connectivity index (χ1v) is 10.0. The summed E-state index contributed by atoms with van der Waals surface area (Å²) in [5.74, 6) is 0.315. The molecule has 0 unspecified atom stereocenters. The molecule has 3 aromatic rings. The number of hydrazone groups is 1. The zero-order chi connectivity index (χ0) is 24.3. The molecule has 0 heterocycles. The minimum atomic E-state index is -0.566. The third kappa shape index (κ3) is 6.34. The number of methoxy groups -OCH3 is 2. The molecule has 9 heteroatoms. The van der Waals surface area contributed by atoms with Crippen molar-refractivity contribution < 1.29 is 28.5 Å². The molecule has 0 saturated carbocycles. The monoisotopic (exact) mass is 459 g/mol. The summed E-state index contributed by atoms with van der Waals surface area (Å²) >= 11 is 0. The number of hydrogen-bond acceptors (Lipinski definition) is 8. The molecule has 0 atom stereocenters. The normalized spacial score (nSPS) is 10.3. The lowest BCUT2D eigenvalue weighted by atomic mass is 10.2. The van der Waals surface area contributed by atoms with Crippen molar-refractivity contribution >= 4 is 18.1 Å². The predicted molar refractivity (Wildman–Crippen MR) is 123 cm³/mol. The fraction of sp³-hybridized carbons (Fsp3) is 0.120. The van der Waals surface area contributed by atoms with E-state index in [-0.39, 0.29) is 12.4 Å². The van der Waals surface area contributed by atoms with Crippen molar-refractivity contribution in [3.63, 3.8) is 0 Å². The maximum atomic E-state index is 12.4. The number of benzene rings is 3. The first-order valence-electron chi connectivity index (χ1n) is 10.0. The number of carbonyl (C=O) groups excluding carboxylic acids is 2. The Balaban J connectivity index is 1.58. The van der Waals surface area contributed by atoms with Gasteiger partial charge in [0.15, 0.2) is 18.1 Å². The van der Waals surface area contributed by atoms with Gasteiger partial charge in [-0.15, -0.1) is 0 Å². The van der Waals surface area contributed by atoms with Crippen LogP contribution in [0.15, 0.2) is 71.8 Å². The number of ether oxygens (including phenoxy) is 4. The highest BCUT2D eigenvalue weighted by atomic mass is 16.6. The number of para-hydroxylation sites is 1. The molecule has 1 N–H and O–H groups in total. The van der Waals surface area contributed by atoms with E-state index in [1.54, 1.807) is 66.7 Å². The minimum absolute atomic E-state index is 0.223. The van der Waals surface area contributed by atoms with Crippen LogP contribution in [0, 0.1) is 11.3 Å². The summed E-state index contributed by atoms with van der Waals surface area (Å²) in [5, 5.41) is 12.9. The van der Waals surface area contributed by atoms with Crippen LogP contribution in [0.25, 0.3) is 0 Å². The van der Waals surface area contributed by atoms with Gasteiger partial charge in [-0.3, -0.25) is 4.79 Å². The molecule has 3 aromatic carbocycles. The maximum Gasteiger partial charge on any atom is 0.343 e. The van der Waals surface area contributed by atoms with Gasteiger partial charge in [0.2, 0.25) is 0 Å². The van der Waals surface area contributed by atoms with Crippen LogP contribution in [-0.2, 0) is 4.79 Å². The highest BCUT2D eigenvalue weighted by Gasteiger charge is 2.13. The summed E-state index contributed by atoms with van der Waals surface area (Å²) < 4.78 is 21.2. The van der Waals surface area contributed by atoms with Gasteiger partial charge in [-0.05, 0) is 54.1 Å². The molecule has 0 spiro atoms. The zero-order valence-corrected chi connectivity index (χ0v) is 18.5. The Labute approximate surface area is 196 Å². The van der Waals surface area contributed by atoms with Crippen molar-refractivity contribution in [1.29, 1.82) is 5.26 Å². The summed E-state index contributed by atoms with van der Waals surface area (Å²) in [6, 6.07) is 20.0. The molecule has 9 nitrogen and oxygen atoms in total. The molecule has 1 amide bonds. The minimum Gasteiger partial charge on any atom is -0.497 e. The fourth-order valence-electron chi connectivity index (χ4n) is 2.80. The molecule has 0 aliphatic rings. The summed E-state index contributed by atoms with van der Waals surface area (Å²) in [6.45, 7) is -0.307. The summed E-state index contributed by atoms with van der Waals surface area (Å²) in [6.07, 6.45) is 1.40. The van der Waals surface area contributed by atoms with Crippen LogP contribution in [-0.4, -0.2) is 38.9 Å². The van der Waals surface area contributed by atoms with Crippen molar-refractivity contribution in [2.24, 2.45) is 5.10 Å². The van der Waals surface area contributed by atoms with Gasteiger partial charge in [-0.25, -0.2) is 10.2 Å². The second kappa shape index (κ2) is 11.7. The van der Waals surface area contributed by atoms with Crippen LogP contribution >= 0.6 is 0 Å². The SMILES string of the molecule is COc1cccc(C(=O)Oc2ccc(C=NNC(=O)COc3ccccc3C#N)cc2OC)c1. The molecular formula is C25H21N3O6. The van der Waals surface area contributed by atoms with Gasteiger partial charge in [0.1, 0.15) is 17.6 Å². The summed E-state index contributed by atoms with van der Waals surface area (Å²) in [7, 11) is 2.95. The smallest absolute Gasteiger partial charge is 0.343 e. The number of nitrogens with zero attached hydrogens (tertiary/aromatic N) is 2. The van der Waals surface area contributed by atoms with Crippen molar-refractivity contribution in [1.82, 2.24) is 5.43 Å². The zero-order valence-electron chi connectivity index (χ0n) is 18.5. The standard InChI is InChI=1S/C25H21N3O6/c1-31-20-8-5-7-18(13-20)25(30)34-22-11-10-17(12-23(22)32-2)15-27-28-24(29)16-33-21-9-4-3-6-19(21)14-26/h3-13,15H,16H2,1-2H3,(H,28,29). The predicted octanol–water partition coefficient (Wildman–Crippen LogP) is 3.32. The van der Waals surface area contributed by atoms with Crippen LogP contribution in [0.1, 0.15) is 21.5 Å². The topological polar surface area (TPSA) is 119 Å². The highest BCUT2D eigenvalue weighted by Crippen LogP contribution is 2.28. The number of hydrogen-bond donors (Lipinski definition) is 1. The van der Waals surface area contributed by atoms with E-state index in [1.165, 1.54) is 20.4 Å². The third-order valence-corrected chi connectivity index (χ3v) is 4.46. The van der Waals surface area contributed by atoms with Crippen molar-refractivity contribution in [3.05, 3.63) is 83.4 Å². The van der Waals surface area contributed by atoms with Crippen LogP contribution in [0.4, 0.5) is 0 Å². The number of nitrogens with one attached hydrogen (secondary N) is 1. The molecule has 0 aliphatic heterocycles. The van der Waals surface area contributed by atoms with Gasteiger partial charge >= 0.3 is 5.97 Å². The number of carbonyl (C=O) groups is 2. The first kappa shape index (κ1) is 23.8. The van der Waals surface area contributed by atoms with Gasteiger partial charge < -0.3 is 18.9 Å². The quantitative estimate of drug-likeness (QED) is 0.226. The van der Waals surface area contributed by atoms with E-state index < -0.39 is 11.9 Å². The number of nitriles is 1. The van der Waals surface area contributed by atoms with E-state index in [9.17, 15) is 9.59 Å². The Morgan fingerprint density at radius 2 is 1.79 bits per heavy atom. The van der Waals surface area contributed by atoms with Gasteiger partial charge in [0, 0.05) is 0 Å². The molecule has 172 valence electrons. The third-order valence-electron chi connectivity index (χ3n) is 4.46. The fourth-order valence-corrected chi connectivity index (χ4v) is 2.80. The second-order valence-corrected chi connectivity index (χ2v) is 6.72. The first-order chi connectivity index (χ1) is 16.5. The lowest BCUT2D eigenvalue weighted by Gasteiger charge is -2.10. The van der Waals surface area contributed by atoms with Crippen molar-refractivity contribution in [3.8, 4) is 29.1 Å². The van der Waals surface area contributed by atoms with E-state index in [1.807, 2.05) is 6.07 Å². The van der Waals surface area contributed by atoms with E-state index in [0.29, 0.717) is 33.9 Å².